The van der Waals surface area contributed by atoms with Crippen LogP contribution in [0.5, 0.6) is 0 Å². The molecule has 1 aromatic heterocycles. The van der Waals surface area contributed by atoms with Crippen LogP contribution in [-0.4, -0.2) is 16.7 Å². The average Bonchev–Trinajstić information content (AvgIpc) is 3.03. The lowest BCUT2D eigenvalue weighted by Crippen LogP contribution is -2.12. The van der Waals surface area contributed by atoms with Crippen molar-refractivity contribution >= 4 is 51.4 Å². The Hall–Kier alpha value is -2.28. The highest BCUT2D eigenvalue weighted by Crippen LogP contribution is 2.32. The first-order valence-corrected chi connectivity index (χ1v) is 8.97. The Kier molecular flexibility index (Phi) is 5.36. The molecule has 4 nitrogen and oxygen atoms in total. The summed E-state index contributed by atoms with van der Waals surface area (Å²) >= 11 is 12.6. The third-order valence-corrected chi connectivity index (χ3v) is 5.14. The molecule has 0 aliphatic heterocycles. The lowest BCUT2D eigenvalue weighted by Gasteiger charge is -2.05. The number of aromatic nitrogens is 1. The number of rotatable bonds is 4. The topological polar surface area (TPSA) is 59.1 Å². The van der Waals surface area contributed by atoms with E-state index >= 15 is 0 Å². The van der Waals surface area contributed by atoms with Gasteiger partial charge in [-0.25, -0.2) is 9.37 Å². The molecule has 0 fully saturated rings. The molecule has 0 radical (unpaired) electrons. The lowest BCUT2D eigenvalue weighted by atomic mass is 10.1. The molecule has 3 aromatic rings. The number of carbonyl (C=O) groups excluding carboxylic acids is 2. The number of ketones is 1. The molecular formula is C18H11Cl2FN2O2S. The Morgan fingerprint density at radius 1 is 1.12 bits per heavy atom. The minimum atomic E-state index is -0.755. The molecule has 0 bridgehead atoms. The number of hydrogen-bond donors (Lipinski definition) is 1. The molecule has 0 unspecified atom stereocenters. The summed E-state index contributed by atoms with van der Waals surface area (Å²) in [4.78, 5) is 29.1. The molecule has 0 aliphatic carbocycles. The van der Waals surface area contributed by atoms with E-state index in [0.717, 1.165) is 29.0 Å². The minimum absolute atomic E-state index is 0.0144. The Balaban J connectivity index is 1.95. The van der Waals surface area contributed by atoms with E-state index in [1.165, 1.54) is 6.92 Å². The standard InChI is InChI=1S/C18H11Cl2FN2O2S/c1-9(24)16-15(10-5-3-2-4-6-10)22-18(26-16)23-17(25)11-7-14(21)13(20)8-12(11)19/h2-8H,1H3,(H,22,23,25). The smallest absolute Gasteiger partial charge is 0.259 e. The first kappa shape index (κ1) is 18.5. The van der Waals surface area contributed by atoms with Crippen LogP contribution in [0.2, 0.25) is 10.0 Å². The van der Waals surface area contributed by atoms with E-state index in [1.54, 1.807) is 0 Å². The van der Waals surface area contributed by atoms with E-state index in [2.05, 4.69) is 10.3 Å². The minimum Gasteiger partial charge on any atom is -0.298 e. The molecular weight excluding hydrogens is 398 g/mol. The predicted octanol–water partition coefficient (Wildman–Crippen LogP) is 5.71. The number of anilines is 1. The maximum Gasteiger partial charge on any atom is 0.259 e. The molecule has 1 amide bonds. The second kappa shape index (κ2) is 7.53. The normalized spacial score (nSPS) is 10.6. The van der Waals surface area contributed by atoms with Gasteiger partial charge in [-0.15, -0.1) is 0 Å². The van der Waals surface area contributed by atoms with Crippen LogP contribution < -0.4 is 5.32 Å². The van der Waals surface area contributed by atoms with E-state index in [4.69, 9.17) is 23.2 Å². The fourth-order valence-corrected chi connectivity index (χ4v) is 3.61. The number of amides is 1. The molecule has 3 rings (SSSR count). The van der Waals surface area contributed by atoms with Crippen molar-refractivity contribution in [2.75, 3.05) is 5.32 Å². The molecule has 8 heteroatoms. The predicted molar refractivity (Wildman–Crippen MR) is 102 cm³/mol. The zero-order valence-corrected chi connectivity index (χ0v) is 15.7. The Morgan fingerprint density at radius 3 is 2.46 bits per heavy atom. The van der Waals surface area contributed by atoms with Gasteiger partial charge in [-0.1, -0.05) is 64.9 Å². The van der Waals surface area contributed by atoms with Gasteiger partial charge in [0.05, 0.1) is 26.2 Å². The summed E-state index contributed by atoms with van der Waals surface area (Å²) in [7, 11) is 0. The highest BCUT2D eigenvalue weighted by Gasteiger charge is 2.20. The van der Waals surface area contributed by atoms with E-state index in [-0.39, 0.29) is 26.5 Å². The van der Waals surface area contributed by atoms with Crippen molar-refractivity contribution in [3.8, 4) is 11.3 Å². The lowest BCUT2D eigenvalue weighted by molar-refractivity contribution is 0.101. The van der Waals surface area contributed by atoms with Gasteiger partial charge in [-0.05, 0) is 12.1 Å². The van der Waals surface area contributed by atoms with Crippen molar-refractivity contribution in [3.05, 3.63) is 68.8 Å². The van der Waals surface area contributed by atoms with E-state index in [1.807, 2.05) is 30.3 Å². The van der Waals surface area contributed by atoms with Crippen LogP contribution in [0.25, 0.3) is 11.3 Å². The number of nitrogens with one attached hydrogen (secondary N) is 1. The molecule has 0 atom stereocenters. The maximum atomic E-state index is 13.6. The molecule has 1 heterocycles. The largest absolute Gasteiger partial charge is 0.298 e. The first-order valence-electron chi connectivity index (χ1n) is 7.40. The van der Waals surface area contributed by atoms with Crippen LogP contribution in [0.1, 0.15) is 27.0 Å². The quantitative estimate of drug-likeness (QED) is 0.444. The average molecular weight is 409 g/mol. The third kappa shape index (κ3) is 3.77. The van der Waals surface area contributed by atoms with Gasteiger partial charge in [0.15, 0.2) is 10.9 Å². The van der Waals surface area contributed by atoms with Gasteiger partial charge < -0.3 is 0 Å². The number of benzene rings is 2. The van der Waals surface area contributed by atoms with E-state index in [0.29, 0.717) is 10.6 Å². The van der Waals surface area contributed by atoms with Gasteiger partial charge in [0, 0.05) is 12.5 Å². The molecule has 0 spiro atoms. The van der Waals surface area contributed by atoms with Gasteiger partial charge in [-0.2, -0.15) is 0 Å². The Labute approximate surface area is 162 Å². The summed E-state index contributed by atoms with van der Waals surface area (Å²) in [6.45, 7) is 1.43. The number of halogens is 3. The van der Waals surface area contributed by atoms with Crippen LogP contribution in [0.15, 0.2) is 42.5 Å². The molecule has 0 saturated heterocycles. The summed E-state index contributed by atoms with van der Waals surface area (Å²) in [6, 6.07) is 11.3. The fourth-order valence-electron chi connectivity index (χ4n) is 2.26. The second-order valence-electron chi connectivity index (χ2n) is 5.32. The van der Waals surface area contributed by atoms with E-state index in [9.17, 15) is 14.0 Å². The summed E-state index contributed by atoms with van der Waals surface area (Å²) in [5, 5.41) is 2.61. The summed E-state index contributed by atoms with van der Waals surface area (Å²) in [5.41, 5.74) is 1.16. The van der Waals surface area contributed by atoms with Crippen LogP contribution in [0.4, 0.5) is 9.52 Å². The maximum absolute atomic E-state index is 13.6. The summed E-state index contributed by atoms with van der Waals surface area (Å²) in [6.07, 6.45) is 0. The SMILES string of the molecule is CC(=O)c1sc(NC(=O)c2cc(F)c(Cl)cc2Cl)nc1-c1ccccc1. The number of Topliss-reactive ketones (excluding diaryl/α,β-unsaturated/α-hetero) is 1. The van der Waals surface area contributed by atoms with Gasteiger partial charge in [0.2, 0.25) is 0 Å². The number of thiazole rings is 1. The van der Waals surface area contributed by atoms with E-state index < -0.39 is 11.7 Å². The van der Waals surface area contributed by atoms with Crippen molar-refractivity contribution in [3.63, 3.8) is 0 Å². The molecule has 0 saturated carbocycles. The highest BCUT2D eigenvalue weighted by atomic mass is 35.5. The monoisotopic (exact) mass is 408 g/mol. The van der Waals surface area contributed by atoms with Crippen molar-refractivity contribution in [1.29, 1.82) is 0 Å². The van der Waals surface area contributed by atoms with Crippen LogP contribution >= 0.6 is 34.5 Å². The van der Waals surface area contributed by atoms with Gasteiger partial charge in [0.1, 0.15) is 5.82 Å². The molecule has 26 heavy (non-hydrogen) atoms. The van der Waals surface area contributed by atoms with Gasteiger partial charge in [-0.3, -0.25) is 14.9 Å². The third-order valence-electron chi connectivity index (χ3n) is 3.47. The zero-order chi connectivity index (χ0) is 18.8. The molecule has 1 N–H and O–H groups in total. The molecule has 0 aliphatic rings. The second-order valence-corrected chi connectivity index (χ2v) is 7.13. The van der Waals surface area contributed by atoms with Crippen molar-refractivity contribution in [1.82, 2.24) is 4.98 Å². The van der Waals surface area contributed by atoms with Crippen LogP contribution in [0.3, 0.4) is 0 Å². The van der Waals surface area contributed by atoms with Crippen molar-refractivity contribution in [2.45, 2.75) is 6.92 Å². The van der Waals surface area contributed by atoms with Crippen molar-refractivity contribution < 1.29 is 14.0 Å². The highest BCUT2D eigenvalue weighted by molar-refractivity contribution is 7.18. The number of nitrogens with zero attached hydrogens (tertiary/aromatic N) is 1. The number of carbonyl (C=O) groups is 2. The first-order chi connectivity index (χ1) is 12.4. The zero-order valence-electron chi connectivity index (χ0n) is 13.3. The van der Waals surface area contributed by atoms with Crippen LogP contribution in [0, 0.1) is 5.82 Å². The molecule has 2 aromatic carbocycles. The summed E-state index contributed by atoms with van der Waals surface area (Å²) in [5.74, 6) is -1.57. The van der Waals surface area contributed by atoms with Gasteiger partial charge in [0.25, 0.3) is 5.91 Å². The van der Waals surface area contributed by atoms with Crippen LogP contribution in [-0.2, 0) is 0 Å². The number of hydrogen-bond acceptors (Lipinski definition) is 4. The Bertz CT molecular complexity index is 1010. The fraction of sp³-hybridized carbons (Fsp3) is 0.0556. The summed E-state index contributed by atoms with van der Waals surface area (Å²) < 4.78 is 13.6. The Morgan fingerprint density at radius 2 is 1.81 bits per heavy atom. The molecule has 132 valence electrons. The van der Waals surface area contributed by atoms with Crippen molar-refractivity contribution in [2.24, 2.45) is 0 Å². The van der Waals surface area contributed by atoms with Gasteiger partial charge >= 0.3 is 0 Å².